The molecule has 0 bridgehead atoms. The number of hydrogen-bond acceptors (Lipinski definition) is 7. The average Bonchev–Trinajstić information content (AvgIpc) is 3.23. The molecule has 5 atom stereocenters. The van der Waals surface area contributed by atoms with Gasteiger partial charge in [0, 0.05) is 6.54 Å². The zero-order valence-electron chi connectivity index (χ0n) is 25.4. The molecule has 1 saturated carbocycles. The minimum atomic E-state index is -1.16. The number of ketones is 1. The maximum atomic E-state index is 13.9. The lowest BCUT2D eigenvalue weighted by molar-refractivity contribution is -0.148. The Morgan fingerprint density at radius 3 is 2.21 bits per heavy atom. The van der Waals surface area contributed by atoms with Gasteiger partial charge in [0.05, 0.1) is 6.54 Å². The number of piperidine rings is 1. The molecular formula is C30H43N5O7. The number of benzene rings is 1. The van der Waals surface area contributed by atoms with Gasteiger partial charge in [-0.3, -0.25) is 19.2 Å². The van der Waals surface area contributed by atoms with Crippen molar-refractivity contribution in [2.24, 2.45) is 34.3 Å². The van der Waals surface area contributed by atoms with E-state index in [2.05, 4.69) is 16.0 Å². The summed E-state index contributed by atoms with van der Waals surface area (Å²) in [7, 11) is 0. The zero-order valence-corrected chi connectivity index (χ0v) is 25.4. The van der Waals surface area contributed by atoms with E-state index in [-0.39, 0.29) is 29.8 Å². The van der Waals surface area contributed by atoms with Gasteiger partial charge in [-0.05, 0) is 34.1 Å². The number of carbonyl (C=O) groups is 6. The Labute approximate surface area is 246 Å². The zero-order chi connectivity index (χ0) is 31.6. The number of amides is 5. The van der Waals surface area contributed by atoms with Crippen molar-refractivity contribution in [3.8, 4) is 0 Å². The Morgan fingerprint density at radius 2 is 1.67 bits per heavy atom. The summed E-state index contributed by atoms with van der Waals surface area (Å²) in [4.78, 5) is 77.5. The van der Waals surface area contributed by atoms with Gasteiger partial charge < -0.3 is 31.3 Å². The van der Waals surface area contributed by atoms with Gasteiger partial charge in [0.2, 0.25) is 17.6 Å². The number of Topliss-reactive ketones (excluding diaryl/α,β-unsaturated/α-hetero) is 1. The molecule has 0 aromatic heterocycles. The second-order valence-corrected chi connectivity index (χ2v) is 13.1. The topological polar surface area (TPSA) is 177 Å². The molecule has 1 aliphatic heterocycles. The number of nitrogens with zero attached hydrogens (tertiary/aromatic N) is 1. The molecule has 42 heavy (non-hydrogen) atoms. The smallest absolute Gasteiger partial charge is 0.329 e. The normalized spacial score (nSPS) is 21.9. The number of likely N-dealkylation sites (tertiary alicyclic amines) is 1. The summed E-state index contributed by atoms with van der Waals surface area (Å²) in [6, 6.07) is 5.54. The number of rotatable bonds is 11. The highest BCUT2D eigenvalue weighted by Gasteiger charge is 2.69. The van der Waals surface area contributed by atoms with Crippen molar-refractivity contribution < 1.29 is 33.5 Å². The Bertz CT molecular complexity index is 1220. The summed E-state index contributed by atoms with van der Waals surface area (Å²) >= 11 is 0. The van der Waals surface area contributed by atoms with E-state index >= 15 is 0 Å². The van der Waals surface area contributed by atoms with E-state index in [4.69, 9.17) is 10.5 Å². The van der Waals surface area contributed by atoms with Crippen LogP contribution in [0.2, 0.25) is 0 Å². The number of nitrogens with one attached hydrogen (secondary N) is 3. The molecule has 1 aliphatic carbocycles. The number of urea groups is 1. The Kier molecular flexibility index (Phi) is 9.69. The highest BCUT2D eigenvalue weighted by Crippen LogP contribution is 2.65. The lowest BCUT2D eigenvalue weighted by Gasteiger charge is -2.37. The van der Waals surface area contributed by atoms with Crippen LogP contribution in [-0.2, 0) is 35.3 Å². The average molecular weight is 586 g/mol. The fourth-order valence-electron chi connectivity index (χ4n) is 5.62. The lowest BCUT2D eigenvalue weighted by Crippen LogP contribution is -2.61. The van der Waals surface area contributed by atoms with Crippen molar-refractivity contribution >= 4 is 35.5 Å². The molecule has 3 rings (SSSR count). The second kappa shape index (κ2) is 12.5. The highest BCUT2D eigenvalue weighted by molar-refractivity contribution is 6.36. The molecule has 12 nitrogen and oxygen atoms in total. The van der Waals surface area contributed by atoms with Gasteiger partial charge in [0.1, 0.15) is 24.7 Å². The van der Waals surface area contributed by atoms with E-state index in [0.29, 0.717) is 6.54 Å². The predicted molar refractivity (Wildman–Crippen MR) is 153 cm³/mol. The van der Waals surface area contributed by atoms with Crippen LogP contribution in [0.5, 0.6) is 0 Å². The molecule has 5 N–H and O–H groups in total. The largest absolute Gasteiger partial charge is 0.459 e. The molecule has 5 amide bonds. The minimum absolute atomic E-state index is 0.0530. The van der Waals surface area contributed by atoms with E-state index in [1.807, 2.05) is 44.2 Å². The fourth-order valence-corrected chi connectivity index (χ4v) is 5.62. The molecule has 2 aliphatic rings. The summed E-state index contributed by atoms with van der Waals surface area (Å²) in [6.45, 7) is 12.7. The van der Waals surface area contributed by atoms with Gasteiger partial charge >= 0.3 is 12.0 Å². The first kappa shape index (κ1) is 32.6. The van der Waals surface area contributed by atoms with Crippen LogP contribution in [0.1, 0.15) is 54.0 Å². The molecule has 0 unspecified atom stereocenters. The predicted octanol–water partition coefficient (Wildman–Crippen LogP) is 1.12. The number of primary amides is 1. The summed E-state index contributed by atoms with van der Waals surface area (Å²) in [5, 5.41) is 7.82. The maximum absolute atomic E-state index is 13.9. The number of fused-ring (bicyclic) bond motifs is 1. The molecule has 2 fully saturated rings. The molecule has 1 heterocycles. The molecule has 0 radical (unpaired) electrons. The van der Waals surface area contributed by atoms with Gasteiger partial charge in [-0.1, -0.05) is 78.8 Å². The lowest BCUT2D eigenvalue weighted by atomic mass is 9.85. The molecule has 230 valence electrons. The van der Waals surface area contributed by atoms with Gasteiger partial charge in [0.25, 0.3) is 5.91 Å². The summed E-state index contributed by atoms with van der Waals surface area (Å²) in [6.07, 6.45) is 0. The van der Waals surface area contributed by atoms with E-state index in [0.717, 1.165) is 5.56 Å². The van der Waals surface area contributed by atoms with Crippen molar-refractivity contribution in [2.75, 3.05) is 13.1 Å². The maximum Gasteiger partial charge on any atom is 0.329 e. The van der Waals surface area contributed by atoms with Crippen LogP contribution in [-0.4, -0.2) is 71.6 Å². The first-order valence-corrected chi connectivity index (χ1v) is 14.1. The minimum Gasteiger partial charge on any atom is -0.459 e. The van der Waals surface area contributed by atoms with Crippen LogP contribution in [0, 0.1) is 28.6 Å². The van der Waals surface area contributed by atoms with E-state index < -0.39 is 65.6 Å². The van der Waals surface area contributed by atoms with Crippen LogP contribution in [0.3, 0.4) is 0 Å². The first-order chi connectivity index (χ1) is 19.5. The Balaban J connectivity index is 1.72. The van der Waals surface area contributed by atoms with Gasteiger partial charge in [-0.2, -0.15) is 0 Å². The van der Waals surface area contributed by atoms with Crippen LogP contribution in [0.15, 0.2) is 30.3 Å². The summed E-state index contributed by atoms with van der Waals surface area (Å²) in [5.74, 6) is -4.13. The van der Waals surface area contributed by atoms with Crippen molar-refractivity contribution in [1.29, 1.82) is 0 Å². The Hall–Kier alpha value is -3.96. The van der Waals surface area contributed by atoms with Crippen LogP contribution in [0.4, 0.5) is 4.79 Å². The molecule has 0 spiro atoms. The number of hydrogen-bond donors (Lipinski definition) is 4. The number of ether oxygens (including phenoxy) is 1. The third-order valence-electron chi connectivity index (χ3n) is 8.28. The number of carbonyl (C=O) groups excluding carboxylic acids is 6. The molecule has 1 aromatic carbocycles. The van der Waals surface area contributed by atoms with Crippen molar-refractivity contribution in [2.45, 2.75) is 73.2 Å². The molecule has 1 aromatic rings. The highest BCUT2D eigenvalue weighted by atomic mass is 16.5. The summed E-state index contributed by atoms with van der Waals surface area (Å²) in [5.41, 5.74) is 4.85. The van der Waals surface area contributed by atoms with Crippen LogP contribution in [0.25, 0.3) is 0 Å². The Morgan fingerprint density at radius 1 is 1.05 bits per heavy atom. The SMILES string of the molecule is CC(C)[C@@H](NC(=O)N[C@H](C(=O)N1C[C@H]2[C@@H]([C@H]1C(=O)NCC(=O)C(N)=O)C2(C)C)C(C)(C)C)C(=O)OCc1ccccc1. The fraction of sp³-hybridized carbons (Fsp3) is 0.600. The van der Waals surface area contributed by atoms with Crippen LogP contribution >= 0.6 is 0 Å². The first-order valence-electron chi connectivity index (χ1n) is 14.1. The van der Waals surface area contributed by atoms with E-state index in [9.17, 15) is 28.8 Å². The monoisotopic (exact) mass is 585 g/mol. The van der Waals surface area contributed by atoms with Gasteiger partial charge in [-0.25, -0.2) is 9.59 Å². The van der Waals surface area contributed by atoms with Gasteiger partial charge in [0.15, 0.2) is 0 Å². The quantitative estimate of drug-likeness (QED) is 0.222. The number of esters is 1. The van der Waals surface area contributed by atoms with Crippen molar-refractivity contribution in [3.63, 3.8) is 0 Å². The summed E-state index contributed by atoms with van der Waals surface area (Å²) < 4.78 is 5.43. The van der Waals surface area contributed by atoms with Crippen LogP contribution < -0.4 is 21.7 Å². The standard InChI is InChI=1S/C30H43N5O7/c1-16(2)21(27(40)42-15-17-11-9-8-10-12-17)33-28(41)34-23(29(3,4)5)26(39)35-14-18-20(30(18,6)7)22(35)25(38)32-13-19(36)24(31)37/h8-12,16,18,20-23H,13-15H2,1-7H3,(H2,31,37)(H,32,38)(H2,33,34,41)/t18-,20-,21+,22-,23+/m0/s1. The third kappa shape index (κ3) is 7.27. The third-order valence-corrected chi connectivity index (χ3v) is 8.28. The number of nitrogens with two attached hydrogens (primary N) is 1. The molecule has 1 saturated heterocycles. The van der Waals surface area contributed by atoms with Gasteiger partial charge in [-0.15, -0.1) is 0 Å². The second-order valence-electron chi connectivity index (χ2n) is 13.1. The molecular weight excluding hydrogens is 542 g/mol. The van der Waals surface area contributed by atoms with E-state index in [1.165, 1.54) is 4.90 Å². The van der Waals surface area contributed by atoms with E-state index in [1.54, 1.807) is 34.6 Å². The van der Waals surface area contributed by atoms with Crippen molar-refractivity contribution in [3.05, 3.63) is 35.9 Å². The molecule has 12 heteroatoms. The van der Waals surface area contributed by atoms with Crippen molar-refractivity contribution in [1.82, 2.24) is 20.9 Å².